The van der Waals surface area contributed by atoms with Crippen LogP contribution in [0, 0.1) is 0 Å². The predicted molar refractivity (Wildman–Crippen MR) is 51.3 cm³/mol. The Morgan fingerprint density at radius 1 is 1.36 bits per heavy atom. The number of benzene rings is 1. The first-order valence-electron chi connectivity index (χ1n) is 3.52. The molecule has 0 fully saturated rings. The second kappa shape index (κ2) is 2.38. The van der Waals surface area contributed by atoms with Crippen molar-refractivity contribution in [2.75, 3.05) is 5.73 Å². The number of hydrogen-bond donors (Lipinski definition) is 1. The second-order valence-electron chi connectivity index (χ2n) is 2.67. The lowest BCUT2D eigenvalue weighted by Gasteiger charge is -2.03. The van der Waals surface area contributed by atoms with Crippen molar-refractivity contribution >= 4 is 27.7 Å². The molecule has 1 aromatic rings. The second-order valence-corrected chi connectivity index (χ2v) is 3.58. The number of nitrogens with two attached hydrogens (primary N) is 1. The highest BCUT2D eigenvalue weighted by Crippen LogP contribution is 2.28. The summed E-state index contributed by atoms with van der Waals surface area (Å²) in [6.07, 6.45) is 5.22. The molecule has 11 heavy (non-hydrogen) atoms. The maximum atomic E-state index is 5.80. The van der Waals surface area contributed by atoms with Gasteiger partial charge >= 0.3 is 0 Å². The van der Waals surface area contributed by atoms with Gasteiger partial charge in [0.1, 0.15) is 0 Å². The normalized spacial score (nSPS) is 13.5. The molecule has 56 valence electrons. The molecule has 0 heterocycles. The van der Waals surface area contributed by atoms with Gasteiger partial charge in [0.25, 0.3) is 0 Å². The molecular weight excluding hydrogens is 202 g/mol. The van der Waals surface area contributed by atoms with Crippen molar-refractivity contribution in [2.45, 2.75) is 6.42 Å². The average molecular weight is 210 g/mol. The first kappa shape index (κ1) is 6.92. The van der Waals surface area contributed by atoms with E-state index >= 15 is 0 Å². The van der Waals surface area contributed by atoms with E-state index in [9.17, 15) is 0 Å². The Morgan fingerprint density at radius 2 is 2.18 bits per heavy atom. The predicted octanol–water partition coefficient (Wildman–Crippen LogP) is 2.60. The standard InChI is InChI=1S/C9H8BrN/c10-7-4-6-2-1-3-8(6)9(11)5-7/h1-2,4-5H,3,11H2. The van der Waals surface area contributed by atoms with Crippen molar-refractivity contribution in [3.63, 3.8) is 0 Å². The van der Waals surface area contributed by atoms with E-state index in [-0.39, 0.29) is 0 Å². The third kappa shape index (κ3) is 1.07. The maximum absolute atomic E-state index is 5.80. The molecule has 0 saturated heterocycles. The molecule has 0 aliphatic heterocycles. The number of nitrogen functional groups attached to an aromatic ring is 1. The molecule has 1 aliphatic rings. The maximum Gasteiger partial charge on any atom is 0.0367 e. The smallest absolute Gasteiger partial charge is 0.0367 e. The zero-order valence-electron chi connectivity index (χ0n) is 5.97. The van der Waals surface area contributed by atoms with E-state index in [2.05, 4.69) is 34.1 Å². The van der Waals surface area contributed by atoms with E-state index in [1.807, 2.05) is 6.07 Å². The highest BCUT2D eigenvalue weighted by atomic mass is 79.9. The lowest BCUT2D eigenvalue weighted by atomic mass is 10.1. The molecule has 2 N–H and O–H groups in total. The zero-order chi connectivity index (χ0) is 7.84. The molecule has 1 aliphatic carbocycles. The summed E-state index contributed by atoms with van der Waals surface area (Å²) in [5.74, 6) is 0. The van der Waals surface area contributed by atoms with Gasteiger partial charge in [-0.3, -0.25) is 0 Å². The summed E-state index contributed by atoms with van der Waals surface area (Å²) in [7, 11) is 0. The van der Waals surface area contributed by atoms with Gasteiger partial charge < -0.3 is 5.73 Å². The number of rotatable bonds is 0. The van der Waals surface area contributed by atoms with Gasteiger partial charge in [-0.15, -0.1) is 0 Å². The Balaban J connectivity index is 2.66. The summed E-state index contributed by atoms with van der Waals surface area (Å²) in [6.45, 7) is 0. The number of hydrogen-bond acceptors (Lipinski definition) is 1. The lowest BCUT2D eigenvalue weighted by molar-refractivity contribution is 1.31. The summed E-state index contributed by atoms with van der Waals surface area (Å²) in [6, 6.07) is 4.04. The van der Waals surface area contributed by atoms with Crippen LogP contribution in [0.1, 0.15) is 11.1 Å². The number of fused-ring (bicyclic) bond motifs is 1. The molecule has 0 unspecified atom stereocenters. The van der Waals surface area contributed by atoms with Crippen molar-refractivity contribution in [2.24, 2.45) is 0 Å². The van der Waals surface area contributed by atoms with E-state index in [1.165, 1.54) is 11.1 Å². The molecular formula is C9H8BrN. The highest BCUT2D eigenvalue weighted by Gasteiger charge is 2.08. The summed E-state index contributed by atoms with van der Waals surface area (Å²) >= 11 is 3.40. The Labute approximate surface area is 74.0 Å². The first-order chi connectivity index (χ1) is 5.27. The van der Waals surface area contributed by atoms with E-state index in [0.29, 0.717) is 0 Å². The van der Waals surface area contributed by atoms with Crippen LogP contribution in [0.4, 0.5) is 5.69 Å². The molecule has 1 nitrogen and oxygen atoms in total. The van der Waals surface area contributed by atoms with E-state index in [0.717, 1.165) is 16.6 Å². The number of anilines is 1. The third-order valence-corrected chi connectivity index (χ3v) is 2.36. The van der Waals surface area contributed by atoms with Gasteiger partial charge in [0.05, 0.1) is 0 Å². The van der Waals surface area contributed by atoms with Crippen LogP contribution in [0.15, 0.2) is 22.7 Å². The van der Waals surface area contributed by atoms with E-state index in [4.69, 9.17) is 5.73 Å². The van der Waals surface area contributed by atoms with Gasteiger partial charge in [-0.25, -0.2) is 0 Å². The summed E-state index contributed by atoms with van der Waals surface area (Å²) in [4.78, 5) is 0. The molecule has 0 amide bonds. The Bertz CT molecular complexity index is 329. The average Bonchev–Trinajstić information content (AvgIpc) is 2.34. The molecule has 2 heteroatoms. The van der Waals surface area contributed by atoms with Gasteiger partial charge in [0.2, 0.25) is 0 Å². The minimum absolute atomic E-state index is 0.888. The fourth-order valence-corrected chi connectivity index (χ4v) is 1.86. The van der Waals surface area contributed by atoms with Crippen LogP contribution in [0.25, 0.3) is 6.08 Å². The summed E-state index contributed by atoms with van der Waals surface area (Å²) in [5, 5.41) is 0. The zero-order valence-corrected chi connectivity index (χ0v) is 7.56. The van der Waals surface area contributed by atoms with Crippen LogP contribution in [0.2, 0.25) is 0 Å². The molecule has 1 aromatic carbocycles. The Hall–Kier alpha value is -0.760. The molecule has 2 rings (SSSR count). The van der Waals surface area contributed by atoms with Crippen molar-refractivity contribution in [1.29, 1.82) is 0 Å². The minimum Gasteiger partial charge on any atom is -0.398 e. The fourth-order valence-electron chi connectivity index (χ4n) is 1.37. The van der Waals surface area contributed by atoms with Crippen molar-refractivity contribution < 1.29 is 0 Å². The number of halogens is 1. The topological polar surface area (TPSA) is 26.0 Å². The molecule has 0 aromatic heterocycles. The van der Waals surface area contributed by atoms with Gasteiger partial charge in [0.15, 0.2) is 0 Å². The number of allylic oxidation sites excluding steroid dienone is 1. The molecule has 0 atom stereocenters. The van der Waals surface area contributed by atoms with E-state index < -0.39 is 0 Å². The largest absolute Gasteiger partial charge is 0.398 e. The van der Waals surface area contributed by atoms with Crippen molar-refractivity contribution in [1.82, 2.24) is 0 Å². The monoisotopic (exact) mass is 209 g/mol. The SMILES string of the molecule is Nc1cc(Br)cc2c1CC=C2. The molecule has 0 radical (unpaired) electrons. The summed E-state index contributed by atoms with van der Waals surface area (Å²) in [5.41, 5.74) is 9.20. The Kier molecular flexibility index (Phi) is 1.50. The van der Waals surface area contributed by atoms with Crippen LogP contribution in [-0.2, 0) is 6.42 Å². The lowest BCUT2D eigenvalue weighted by Crippen LogP contribution is -1.92. The van der Waals surface area contributed by atoms with Crippen LogP contribution < -0.4 is 5.73 Å². The molecule has 0 bridgehead atoms. The van der Waals surface area contributed by atoms with Crippen LogP contribution >= 0.6 is 15.9 Å². The minimum atomic E-state index is 0.888. The molecule has 0 saturated carbocycles. The van der Waals surface area contributed by atoms with E-state index in [1.54, 1.807) is 0 Å². The first-order valence-corrected chi connectivity index (χ1v) is 4.31. The highest BCUT2D eigenvalue weighted by molar-refractivity contribution is 9.10. The third-order valence-electron chi connectivity index (χ3n) is 1.90. The molecule has 0 spiro atoms. The van der Waals surface area contributed by atoms with Gasteiger partial charge in [-0.1, -0.05) is 28.1 Å². The van der Waals surface area contributed by atoms with Gasteiger partial charge in [-0.2, -0.15) is 0 Å². The van der Waals surface area contributed by atoms with Crippen molar-refractivity contribution in [3.8, 4) is 0 Å². The van der Waals surface area contributed by atoms with Crippen molar-refractivity contribution in [3.05, 3.63) is 33.8 Å². The van der Waals surface area contributed by atoms with Crippen LogP contribution in [0.5, 0.6) is 0 Å². The van der Waals surface area contributed by atoms with Gasteiger partial charge in [0, 0.05) is 10.2 Å². The van der Waals surface area contributed by atoms with Crippen LogP contribution in [-0.4, -0.2) is 0 Å². The van der Waals surface area contributed by atoms with Gasteiger partial charge in [-0.05, 0) is 29.7 Å². The van der Waals surface area contributed by atoms with Crippen LogP contribution in [0.3, 0.4) is 0 Å². The summed E-state index contributed by atoms with van der Waals surface area (Å²) < 4.78 is 1.06. The Morgan fingerprint density at radius 3 is 3.00 bits per heavy atom. The quantitative estimate of drug-likeness (QED) is 0.654. The fraction of sp³-hybridized carbons (Fsp3) is 0.111.